The second-order valence-electron chi connectivity index (χ2n) is 4.43. The maximum Gasteiger partial charge on any atom is 0.238 e. The molecule has 1 aromatic carbocycles. The number of carbonyl (C=O) groups excluding carboxylic acids is 1. The zero-order chi connectivity index (χ0) is 13.3. The summed E-state index contributed by atoms with van der Waals surface area (Å²) in [7, 11) is -3.62. The van der Waals surface area contributed by atoms with Crippen LogP contribution in [0.2, 0.25) is 0 Å². The maximum atomic E-state index is 12.2. The minimum absolute atomic E-state index is 0.162. The predicted molar refractivity (Wildman–Crippen MR) is 72.0 cm³/mol. The predicted octanol–water partition coefficient (Wildman–Crippen LogP) is 1.89. The quantitative estimate of drug-likeness (QED) is 0.916. The number of nitrogens with one attached hydrogen (secondary N) is 1. The number of halogens is 1. The number of hydrogen-bond acceptors (Lipinski definition) is 3. The first kappa shape index (κ1) is 13.5. The summed E-state index contributed by atoms with van der Waals surface area (Å²) in [6.07, 6.45) is 1.88. The Labute approximate surface area is 115 Å². The molecule has 6 heteroatoms. The Kier molecular flexibility index (Phi) is 3.77. The van der Waals surface area contributed by atoms with E-state index in [-0.39, 0.29) is 10.9 Å². The Balaban J connectivity index is 2.21. The highest BCUT2D eigenvalue weighted by Crippen LogP contribution is 2.22. The van der Waals surface area contributed by atoms with Gasteiger partial charge < -0.3 is 5.32 Å². The summed E-state index contributed by atoms with van der Waals surface area (Å²) in [5.74, 6) is -0.419. The van der Waals surface area contributed by atoms with Crippen LogP contribution < -0.4 is 5.32 Å². The summed E-state index contributed by atoms with van der Waals surface area (Å²) in [4.78, 5) is 12.0. The first-order valence-electron chi connectivity index (χ1n) is 5.71. The first-order chi connectivity index (χ1) is 8.41. The lowest BCUT2D eigenvalue weighted by Crippen LogP contribution is -2.39. The molecule has 0 saturated heterocycles. The van der Waals surface area contributed by atoms with Crippen molar-refractivity contribution in [3.8, 4) is 0 Å². The number of hydrogen-bond donors (Lipinski definition) is 1. The van der Waals surface area contributed by atoms with Crippen molar-refractivity contribution in [3.63, 3.8) is 0 Å². The molecule has 0 bridgehead atoms. The second-order valence-corrected chi connectivity index (χ2v) is 7.61. The minimum atomic E-state index is -3.62. The molecule has 1 saturated carbocycles. The number of rotatable bonds is 4. The number of benzene rings is 1. The topological polar surface area (TPSA) is 63.2 Å². The van der Waals surface area contributed by atoms with Gasteiger partial charge in [0, 0.05) is 10.5 Å². The van der Waals surface area contributed by atoms with Gasteiger partial charge in [0.25, 0.3) is 0 Å². The number of carbonyl (C=O) groups is 1. The molecule has 0 aromatic heterocycles. The van der Waals surface area contributed by atoms with Crippen LogP contribution in [-0.2, 0) is 14.6 Å². The van der Waals surface area contributed by atoms with Crippen LogP contribution in [0.3, 0.4) is 0 Å². The van der Waals surface area contributed by atoms with Crippen LogP contribution in [0.5, 0.6) is 0 Å². The average molecular weight is 332 g/mol. The molecular weight excluding hydrogens is 318 g/mol. The van der Waals surface area contributed by atoms with Gasteiger partial charge in [0.05, 0.1) is 4.90 Å². The Bertz CT molecular complexity index is 566. The van der Waals surface area contributed by atoms with Gasteiger partial charge in [0.1, 0.15) is 5.25 Å². The standard InChI is InChI=1S/C12H14BrNO3S/c1-8(12(15)14-10-5-6-10)18(16,17)11-4-2-3-9(13)7-11/h2-4,7-8,10H,5-6H2,1H3,(H,14,15)/t8-/m1/s1. The van der Waals surface area contributed by atoms with E-state index >= 15 is 0 Å². The summed E-state index contributed by atoms with van der Waals surface area (Å²) in [6.45, 7) is 1.42. The van der Waals surface area contributed by atoms with Gasteiger partial charge >= 0.3 is 0 Å². The molecule has 0 unspecified atom stereocenters. The summed E-state index contributed by atoms with van der Waals surface area (Å²) < 4.78 is 25.2. The third-order valence-corrected chi connectivity index (χ3v) is 5.43. The highest BCUT2D eigenvalue weighted by Gasteiger charge is 2.33. The van der Waals surface area contributed by atoms with Crippen LogP contribution >= 0.6 is 15.9 Å². The monoisotopic (exact) mass is 331 g/mol. The molecule has 1 aromatic rings. The fourth-order valence-corrected chi connectivity index (χ4v) is 3.40. The largest absolute Gasteiger partial charge is 0.352 e. The molecule has 1 atom stereocenters. The number of amides is 1. The van der Waals surface area contributed by atoms with E-state index in [0.29, 0.717) is 4.47 Å². The van der Waals surface area contributed by atoms with Crippen molar-refractivity contribution in [1.82, 2.24) is 5.32 Å². The second kappa shape index (κ2) is 5.01. The summed E-state index contributed by atoms with van der Waals surface area (Å²) in [5, 5.41) is 1.65. The van der Waals surface area contributed by atoms with E-state index in [2.05, 4.69) is 21.2 Å². The van der Waals surface area contributed by atoms with E-state index in [1.54, 1.807) is 12.1 Å². The van der Waals surface area contributed by atoms with Crippen LogP contribution in [-0.4, -0.2) is 25.6 Å². The fourth-order valence-electron chi connectivity index (χ4n) is 1.54. The normalized spacial score (nSPS) is 17.2. The van der Waals surface area contributed by atoms with Crippen LogP contribution in [0.15, 0.2) is 33.6 Å². The van der Waals surface area contributed by atoms with Crippen molar-refractivity contribution < 1.29 is 13.2 Å². The number of sulfone groups is 1. The van der Waals surface area contributed by atoms with Gasteiger partial charge in [-0.2, -0.15) is 0 Å². The van der Waals surface area contributed by atoms with Gasteiger partial charge in [-0.1, -0.05) is 22.0 Å². The SMILES string of the molecule is C[C@H](C(=O)NC1CC1)S(=O)(=O)c1cccc(Br)c1. The molecule has 1 amide bonds. The molecule has 0 spiro atoms. The lowest BCUT2D eigenvalue weighted by molar-refractivity contribution is -0.120. The van der Waals surface area contributed by atoms with E-state index in [4.69, 9.17) is 0 Å². The Morgan fingerprint density at radius 3 is 2.67 bits per heavy atom. The van der Waals surface area contributed by atoms with E-state index in [1.807, 2.05) is 0 Å². The Hall–Kier alpha value is -0.880. The van der Waals surface area contributed by atoms with Crippen molar-refractivity contribution in [1.29, 1.82) is 0 Å². The van der Waals surface area contributed by atoms with Gasteiger partial charge in [0.2, 0.25) is 5.91 Å². The van der Waals surface area contributed by atoms with Gasteiger partial charge in [-0.15, -0.1) is 0 Å². The third kappa shape index (κ3) is 2.92. The van der Waals surface area contributed by atoms with E-state index in [1.165, 1.54) is 19.1 Å². The van der Waals surface area contributed by atoms with E-state index < -0.39 is 21.0 Å². The van der Waals surface area contributed by atoms with Gasteiger partial charge in [-0.3, -0.25) is 4.79 Å². The zero-order valence-electron chi connectivity index (χ0n) is 9.89. The minimum Gasteiger partial charge on any atom is -0.352 e. The molecule has 1 aliphatic carbocycles. The molecule has 1 N–H and O–H groups in total. The van der Waals surface area contributed by atoms with Crippen LogP contribution in [0.4, 0.5) is 0 Å². The molecule has 18 heavy (non-hydrogen) atoms. The molecule has 2 rings (SSSR count). The molecule has 0 heterocycles. The molecule has 4 nitrogen and oxygen atoms in total. The van der Waals surface area contributed by atoms with Gasteiger partial charge in [-0.25, -0.2) is 8.42 Å². The highest BCUT2D eigenvalue weighted by molar-refractivity contribution is 9.10. The first-order valence-corrected chi connectivity index (χ1v) is 8.05. The average Bonchev–Trinajstić information content (AvgIpc) is 3.11. The Morgan fingerprint density at radius 1 is 1.44 bits per heavy atom. The summed E-state index contributed by atoms with van der Waals surface area (Å²) >= 11 is 3.23. The lowest BCUT2D eigenvalue weighted by Gasteiger charge is -2.13. The van der Waals surface area contributed by atoms with Gasteiger partial charge in [-0.05, 0) is 38.0 Å². The fraction of sp³-hybridized carbons (Fsp3) is 0.417. The van der Waals surface area contributed by atoms with Crippen LogP contribution in [0, 0.1) is 0 Å². The molecule has 0 aliphatic heterocycles. The summed E-state index contributed by atoms with van der Waals surface area (Å²) in [5.41, 5.74) is 0. The molecular formula is C12H14BrNO3S. The van der Waals surface area contributed by atoms with E-state index in [0.717, 1.165) is 12.8 Å². The zero-order valence-corrected chi connectivity index (χ0v) is 12.3. The molecule has 0 radical (unpaired) electrons. The van der Waals surface area contributed by atoms with Crippen molar-refractivity contribution in [2.45, 2.75) is 36.0 Å². The third-order valence-electron chi connectivity index (χ3n) is 2.88. The molecule has 1 aliphatic rings. The van der Waals surface area contributed by atoms with Gasteiger partial charge in [0.15, 0.2) is 9.84 Å². The smallest absolute Gasteiger partial charge is 0.238 e. The van der Waals surface area contributed by atoms with Crippen molar-refractivity contribution in [3.05, 3.63) is 28.7 Å². The maximum absolute atomic E-state index is 12.2. The van der Waals surface area contributed by atoms with Crippen molar-refractivity contribution in [2.75, 3.05) is 0 Å². The summed E-state index contributed by atoms with van der Waals surface area (Å²) in [6, 6.07) is 6.56. The van der Waals surface area contributed by atoms with Crippen molar-refractivity contribution in [2.24, 2.45) is 0 Å². The van der Waals surface area contributed by atoms with Crippen LogP contribution in [0.1, 0.15) is 19.8 Å². The highest BCUT2D eigenvalue weighted by atomic mass is 79.9. The molecule has 1 fully saturated rings. The molecule has 98 valence electrons. The lowest BCUT2D eigenvalue weighted by atomic mass is 10.4. The van der Waals surface area contributed by atoms with Crippen molar-refractivity contribution >= 4 is 31.7 Å². The Morgan fingerprint density at radius 2 is 2.11 bits per heavy atom. The van der Waals surface area contributed by atoms with Crippen LogP contribution in [0.25, 0.3) is 0 Å². The van der Waals surface area contributed by atoms with E-state index in [9.17, 15) is 13.2 Å².